The highest BCUT2D eigenvalue weighted by Crippen LogP contribution is 2.30. The zero-order chi connectivity index (χ0) is 49.6. The van der Waals surface area contributed by atoms with Gasteiger partial charge in [-0.25, -0.2) is 0 Å². The van der Waals surface area contributed by atoms with Gasteiger partial charge in [-0.15, -0.1) is 0 Å². The Hall–Kier alpha value is -1.27. The fraction of sp³-hybridized carbons (Fsp3) is 0.944. The summed E-state index contributed by atoms with van der Waals surface area (Å²) in [6.07, 6.45) is 28.2. The molecular weight excluding hydrogens is 871 g/mol. The van der Waals surface area contributed by atoms with Gasteiger partial charge in [0.15, 0.2) is 12.6 Å². The Morgan fingerprint density at radius 3 is 1.35 bits per heavy atom. The van der Waals surface area contributed by atoms with Crippen LogP contribution in [-0.4, -0.2) is 140 Å². The van der Waals surface area contributed by atoms with Gasteiger partial charge in [0.2, 0.25) is 5.91 Å². The number of ether oxygens (including phenoxy) is 4. The number of hydrogen-bond donors (Lipinski definition) is 9. The third-order valence-corrected chi connectivity index (χ3v) is 14.0. The Bertz CT molecular complexity index is 1200. The minimum absolute atomic E-state index is 0.236. The molecule has 2 heterocycles. The molecular formula is C54H103NO13. The second-order valence-corrected chi connectivity index (χ2v) is 20.1. The first-order chi connectivity index (χ1) is 33.1. The highest BCUT2D eigenvalue weighted by atomic mass is 16.7. The molecule has 0 unspecified atom stereocenters. The van der Waals surface area contributed by atoms with E-state index in [1.165, 1.54) is 167 Å². The first kappa shape index (κ1) is 62.8. The van der Waals surface area contributed by atoms with Crippen molar-refractivity contribution in [2.24, 2.45) is 0 Å². The molecule has 68 heavy (non-hydrogen) atoms. The van der Waals surface area contributed by atoms with Crippen LogP contribution in [0.1, 0.15) is 232 Å². The van der Waals surface area contributed by atoms with Gasteiger partial charge in [0, 0.05) is 6.42 Å². The number of amides is 1. The number of allylic oxidation sites excluding steroid dienone is 1. The summed E-state index contributed by atoms with van der Waals surface area (Å²) in [5.41, 5.74) is 0. The highest BCUT2D eigenvalue weighted by Gasteiger charge is 2.51. The van der Waals surface area contributed by atoms with E-state index in [0.717, 1.165) is 38.5 Å². The number of aliphatic hydroxyl groups excluding tert-OH is 8. The maximum atomic E-state index is 13.2. The fourth-order valence-corrected chi connectivity index (χ4v) is 9.41. The molecule has 2 fully saturated rings. The van der Waals surface area contributed by atoms with Crippen molar-refractivity contribution in [3.8, 4) is 0 Å². The number of aliphatic hydroxyl groups is 8. The normalized spacial score (nSPS) is 26.4. The molecule has 0 radical (unpaired) electrons. The lowest BCUT2D eigenvalue weighted by Crippen LogP contribution is -2.65. The fourth-order valence-electron chi connectivity index (χ4n) is 9.41. The Balaban J connectivity index is 1.77. The predicted octanol–water partition coefficient (Wildman–Crippen LogP) is 8.33. The molecule has 0 aromatic carbocycles. The second kappa shape index (κ2) is 41.2. The lowest BCUT2D eigenvalue weighted by Gasteiger charge is -2.46. The van der Waals surface area contributed by atoms with Crippen molar-refractivity contribution in [3.63, 3.8) is 0 Å². The predicted molar refractivity (Wildman–Crippen MR) is 268 cm³/mol. The molecule has 14 heteroatoms. The molecule has 0 saturated carbocycles. The second-order valence-electron chi connectivity index (χ2n) is 20.1. The average Bonchev–Trinajstić information content (AvgIpc) is 3.34. The van der Waals surface area contributed by atoms with Crippen molar-refractivity contribution in [3.05, 3.63) is 12.2 Å². The molecule has 14 nitrogen and oxygen atoms in total. The molecule has 2 aliphatic rings. The summed E-state index contributed by atoms with van der Waals surface area (Å²) in [6, 6.07) is -0.908. The zero-order valence-electron chi connectivity index (χ0n) is 42.9. The molecule has 2 saturated heterocycles. The Kier molecular flexibility index (Phi) is 38.1. The zero-order valence-corrected chi connectivity index (χ0v) is 42.9. The molecule has 0 aliphatic carbocycles. The molecule has 9 N–H and O–H groups in total. The van der Waals surface area contributed by atoms with Gasteiger partial charge >= 0.3 is 0 Å². The summed E-state index contributed by atoms with van der Waals surface area (Å²) < 4.78 is 22.7. The van der Waals surface area contributed by atoms with Gasteiger partial charge in [-0.2, -0.15) is 0 Å². The minimum Gasteiger partial charge on any atom is -0.394 e. The lowest BCUT2D eigenvalue weighted by atomic mass is 9.97. The minimum atomic E-state index is -1.78. The van der Waals surface area contributed by atoms with E-state index in [1.807, 2.05) is 6.08 Å². The Morgan fingerprint density at radius 2 is 0.912 bits per heavy atom. The van der Waals surface area contributed by atoms with E-state index in [0.29, 0.717) is 6.42 Å². The van der Waals surface area contributed by atoms with E-state index in [-0.39, 0.29) is 18.9 Å². The number of rotatable bonds is 44. The lowest BCUT2D eigenvalue weighted by molar-refractivity contribution is -0.359. The smallest absolute Gasteiger partial charge is 0.220 e. The van der Waals surface area contributed by atoms with Crippen LogP contribution < -0.4 is 5.32 Å². The highest BCUT2D eigenvalue weighted by molar-refractivity contribution is 5.76. The van der Waals surface area contributed by atoms with Crippen LogP contribution >= 0.6 is 0 Å². The van der Waals surface area contributed by atoms with Crippen LogP contribution in [0.4, 0.5) is 0 Å². The van der Waals surface area contributed by atoms with Crippen molar-refractivity contribution < 1.29 is 64.6 Å². The summed E-state index contributed by atoms with van der Waals surface area (Å²) in [6.45, 7) is 2.81. The standard InChI is InChI=1S/C54H103NO13/c1-3-5-7-9-11-13-15-17-18-19-20-21-22-23-24-26-28-30-32-34-36-38-46(59)55-42(43(58)37-35-33-31-29-27-25-16-14-12-10-8-6-4-2)41-65-53-51(64)49(62)52(45(40-57)67-53)68-54-50(63)48(61)47(60)44(39-56)66-54/h35,37,42-45,47-54,56-58,60-64H,3-34,36,38-41H2,1-2H3,(H,55,59)/b37-35+/t42-,43+,44+,45+,47-,48-,49+,50+,51+,52+,53+,54-/m0/s1. The van der Waals surface area contributed by atoms with Gasteiger partial charge in [0.25, 0.3) is 0 Å². The van der Waals surface area contributed by atoms with Gasteiger partial charge in [-0.05, 0) is 19.3 Å². The first-order valence-corrected chi connectivity index (χ1v) is 27.9. The third kappa shape index (κ3) is 27.5. The maximum Gasteiger partial charge on any atom is 0.220 e. The van der Waals surface area contributed by atoms with Crippen LogP contribution in [-0.2, 0) is 23.7 Å². The number of nitrogens with one attached hydrogen (secondary N) is 1. The van der Waals surface area contributed by atoms with Crippen molar-refractivity contribution in [1.29, 1.82) is 0 Å². The van der Waals surface area contributed by atoms with Crippen LogP contribution in [0.15, 0.2) is 12.2 Å². The Morgan fingerprint density at radius 1 is 0.515 bits per heavy atom. The molecule has 12 atom stereocenters. The van der Waals surface area contributed by atoms with E-state index < -0.39 is 86.8 Å². The van der Waals surface area contributed by atoms with E-state index >= 15 is 0 Å². The van der Waals surface area contributed by atoms with Gasteiger partial charge in [-0.1, -0.05) is 219 Å². The molecule has 0 aromatic rings. The molecule has 0 spiro atoms. The summed E-state index contributed by atoms with van der Waals surface area (Å²) in [7, 11) is 0. The van der Waals surface area contributed by atoms with Crippen LogP contribution in [0.5, 0.6) is 0 Å². The molecule has 0 aromatic heterocycles. The van der Waals surface area contributed by atoms with Crippen LogP contribution in [0.25, 0.3) is 0 Å². The summed E-state index contributed by atoms with van der Waals surface area (Å²) >= 11 is 0. The van der Waals surface area contributed by atoms with E-state index in [1.54, 1.807) is 6.08 Å². The molecule has 2 aliphatic heterocycles. The van der Waals surface area contributed by atoms with Crippen molar-refractivity contribution in [2.75, 3.05) is 19.8 Å². The number of hydrogen-bond acceptors (Lipinski definition) is 13. The molecule has 1 amide bonds. The number of carbonyl (C=O) groups is 1. The van der Waals surface area contributed by atoms with E-state index in [2.05, 4.69) is 19.2 Å². The van der Waals surface area contributed by atoms with Crippen LogP contribution in [0, 0.1) is 0 Å². The topological polar surface area (TPSA) is 228 Å². The third-order valence-electron chi connectivity index (χ3n) is 14.0. The van der Waals surface area contributed by atoms with Crippen LogP contribution in [0.3, 0.4) is 0 Å². The monoisotopic (exact) mass is 974 g/mol. The maximum absolute atomic E-state index is 13.2. The van der Waals surface area contributed by atoms with Gasteiger partial charge in [0.05, 0.1) is 32.0 Å². The summed E-state index contributed by atoms with van der Waals surface area (Å²) in [4.78, 5) is 13.2. The quantitative estimate of drug-likeness (QED) is 0.0207. The van der Waals surface area contributed by atoms with Crippen LogP contribution in [0.2, 0.25) is 0 Å². The average molecular weight is 974 g/mol. The summed E-state index contributed by atoms with van der Waals surface area (Å²) in [5, 5.41) is 86.9. The Labute approximate surface area is 412 Å². The number of carbonyl (C=O) groups excluding carboxylic acids is 1. The molecule has 2 rings (SSSR count). The van der Waals surface area contributed by atoms with Gasteiger partial charge < -0.3 is 65.1 Å². The largest absolute Gasteiger partial charge is 0.394 e. The van der Waals surface area contributed by atoms with E-state index in [4.69, 9.17) is 18.9 Å². The summed E-state index contributed by atoms with van der Waals surface area (Å²) in [5.74, 6) is -0.236. The van der Waals surface area contributed by atoms with Gasteiger partial charge in [-0.3, -0.25) is 4.79 Å². The van der Waals surface area contributed by atoms with Crippen molar-refractivity contribution in [1.82, 2.24) is 5.32 Å². The molecule has 0 bridgehead atoms. The van der Waals surface area contributed by atoms with Gasteiger partial charge in [0.1, 0.15) is 48.8 Å². The van der Waals surface area contributed by atoms with E-state index in [9.17, 15) is 45.6 Å². The number of unbranched alkanes of at least 4 members (excludes halogenated alkanes) is 31. The first-order valence-electron chi connectivity index (χ1n) is 27.9. The molecule has 402 valence electrons. The van der Waals surface area contributed by atoms with Crippen molar-refractivity contribution >= 4 is 5.91 Å². The SMILES string of the molecule is CCCCCCCCCCCCC/C=C/[C@@H](O)[C@H](CO[C@@H]1O[C@H](CO)[C@@H](O[C@@H]2O[C@H](CO)[C@H](O)[C@H](O)[C@H]2O)[C@H](O)[C@H]1O)NC(=O)CCCCCCCCCCCCCCCCCCCCCCC. The van der Waals surface area contributed by atoms with Crippen molar-refractivity contribution in [2.45, 2.75) is 306 Å².